The first-order valence-electron chi connectivity index (χ1n) is 15.8. The van der Waals surface area contributed by atoms with Gasteiger partial charge in [-0.2, -0.15) is 14.5 Å². The Morgan fingerprint density at radius 2 is 1.89 bits per heavy atom. The summed E-state index contributed by atoms with van der Waals surface area (Å²) in [5.74, 6) is -0.667. The number of benzene rings is 1. The Morgan fingerprint density at radius 1 is 1.11 bits per heavy atom. The second-order valence-electron chi connectivity index (χ2n) is 12.7. The van der Waals surface area contributed by atoms with Crippen molar-refractivity contribution in [2.24, 2.45) is 13.0 Å². The lowest BCUT2D eigenvalue weighted by atomic mass is 9.89. The van der Waals surface area contributed by atoms with Gasteiger partial charge < -0.3 is 15.1 Å². The molecule has 2 aromatic heterocycles. The number of aryl methyl sites for hydroxylation is 2. The summed E-state index contributed by atoms with van der Waals surface area (Å²) in [7, 11) is -0.760. The van der Waals surface area contributed by atoms with Gasteiger partial charge in [-0.05, 0) is 68.7 Å². The number of nitrogens with zero attached hydrogens (tertiary/aromatic N) is 7. The lowest BCUT2D eigenvalue weighted by Crippen LogP contribution is -2.50. The van der Waals surface area contributed by atoms with Crippen LogP contribution in [0.15, 0.2) is 41.6 Å². The van der Waals surface area contributed by atoms with Crippen LogP contribution in [0.25, 0.3) is 5.69 Å². The molecule has 2 aliphatic rings. The maximum Gasteiger partial charge on any atom is 0.274 e. The summed E-state index contributed by atoms with van der Waals surface area (Å²) in [6.07, 6.45) is 6.09. The SMILES string of the molecule is Cc1ccc(-n2cccn2)cc1S(=O)(=O)N1CCCNC(=O)CN(C)C(=O)c2nn(C)c3c2CC(CC3)N(CCC(C)C)C(=O)C1. The third-order valence-electron chi connectivity index (χ3n) is 8.84. The van der Waals surface area contributed by atoms with Crippen molar-refractivity contribution in [3.63, 3.8) is 0 Å². The van der Waals surface area contributed by atoms with E-state index in [1.165, 1.54) is 9.21 Å². The maximum absolute atomic E-state index is 14.3. The fourth-order valence-electron chi connectivity index (χ4n) is 6.22. The summed E-state index contributed by atoms with van der Waals surface area (Å²) in [6.45, 7) is 6.08. The molecule has 14 heteroatoms. The summed E-state index contributed by atoms with van der Waals surface area (Å²) in [5.41, 5.74) is 3.15. The van der Waals surface area contributed by atoms with E-state index in [9.17, 15) is 22.8 Å². The fourth-order valence-corrected chi connectivity index (χ4v) is 7.89. The lowest BCUT2D eigenvalue weighted by Gasteiger charge is -2.36. The van der Waals surface area contributed by atoms with E-state index in [4.69, 9.17) is 0 Å². The highest BCUT2D eigenvalue weighted by Gasteiger charge is 2.36. The van der Waals surface area contributed by atoms with Gasteiger partial charge in [-0.25, -0.2) is 13.1 Å². The van der Waals surface area contributed by atoms with E-state index in [1.54, 1.807) is 67.0 Å². The number of sulfonamides is 1. The smallest absolute Gasteiger partial charge is 0.274 e. The molecule has 0 fully saturated rings. The lowest BCUT2D eigenvalue weighted by molar-refractivity contribution is -0.134. The molecule has 1 N–H and O–H groups in total. The van der Waals surface area contributed by atoms with Crippen molar-refractivity contribution in [2.75, 3.05) is 39.8 Å². The molecular formula is C32H44N8O5S. The van der Waals surface area contributed by atoms with Crippen molar-refractivity contribution in [3.05, 3.63) is 59.2 Å². The molecule has 0 spiro atoms. The largest absolute Gasteiger partial charge is 0.355 e. The minimum atomic E-state index is -4.13. The van der Waals surface area contributed by atoms with Gasteiger partial charge in [-0.1, -0.05) is 19.9 Å². The number of fused-ring (bicyclic) bond motifs is 1. The first kappa shape index (κ1) is 33.3. The first-order chi connectivity index (χ1) is 21.9. The molecule has 0 saturated heterocycles. The van der Waals surface area contributed by atoms with Crippen molar-refractivity contribution in [1.29, 1.82) is 0 Å². The molecule has 1 atom stereocenters. The van der Waals surface area contributed by atoms with Gasteiger partial charge in [-0.3, -0.25) is 19.1 Å². The minimum Gasteiger partial charge on any atom is -0.355 e. The zero-order valence-electron chi connectivity index (χ0n) is 27.3. The first-order valence-corrected chi connectivity index (χ1v) is 17.3. The number of aromatic nitrogens is 4. The van der Waals surface area contributed by atoms with Gasteiger partial charge in [0.15, 0.2) is 5.69 Å². The number of hydrogen-bond donors (Lipinski definition) is 1. The summed E-state index contributed by atoms with van der Waals surface area (Å²) in [4.78, 5) is 43.7. The van der Waals surface area contributed by atoms with Gasteiger partial charge in [-0.15, -0.1) is 0 Å². The second kappa shape index (κ2) is 13.8. The minimum absolute atomic E-state index is 0.0220. The molecule has 1 unspecified atom stereocenters. The number of nitrogens with one attached hydrogen (secondary N) is 1. The van der Waals surface area contributed by atoms with Crippen molar-refractivity contribution >= 4 is 27.7 Å². The van der Waals surface area contributed by atoms with Crippen molar-refractivity contribution in [3.8, 4) is 5.69 Å². The average molecular weight is 653 g/mol. The van der Waals surface area contributed by atoms with E-state index < -0.39 is 10.0 Å². The molecule has 2 bridgehead atoms. The van der Waals surface area contributed by atoms with Gasteiger partial charge in [0, 0.05) is 63.4 Å². The van der Waals surface area contributed by atoms with E-state index in [1.807, 2.05) is 4.90 Å². The molecule has 0 radical (unpaired) electrons. The van der Waals surface area contributed by atoms with Gasteiger partial charge in [0.05, 0.1) is 23.7 Å². The van der Waals surface area contributed by atoms with Crippen molar-refractivity contribution in [1.82, 2.24) is 39.0 Å². The van der Waals surface area contributed by atoms with Crippen LogP contribution >= 0.6 is 0 Å². The highest BCUT2D eigenvalue weighted by atomic mass is 32.2. The normalized spacial score (nSPS) is 19.2. The second-order valence-corrected chi connectivity index (χ2v) is 14.6. The highest BCUT2D eigenvalue weighted by molar-refractivity contribution is 7.89. The van der Waals surface area contributed by atoms with Crippen LogP contribution in [0.2, 0.25) is 0 Å². The Balaban J connectivity index is 1.53. The van der Waals surface area contributed by atoms with E-state index in [0.717, 1.165) is 17.7 Å². The number of amides is 3. The zero-order chi connectivity index (χ0) is 33.2. The Morgan fingerprint density at radius 3 is 2.61 bits per heavy atom. The molecule has 1 aliphatic heterocycles. The molecule has 13 nitrogen and oxygen atoms in total. The molecule has 1 aromatic carbocycles. The van der Waals surface area contributed by atoms with Crippen LogP contribution in [0.5, 0.6) is 0 Å². The number of carbonyl (C=O) groups is 3. The fraction of sp³-hybridized carbons (Fsp3) is 0.531. The number of carbonyl (C=O) groups excluding carboxylic acids is 3. The molecular weight excluding hydrogens is 608 g/mol. The average Bonchev–Trinajstić information content (AvgIpc) is 3.66. The van der Waals surface area contributed by atoms with Crippen LogP contribution in [0, 0.1) is 12.8 Å². The quantitative estimate of drug-likeness (QED) is 0.429. The molecule has 3 amide bonds. The Kier molecular flexibility index (Phi) is 9.96. The van der Waals surface area contributed by atoms with E-state index in [-0.39, 0.29) is 67.0 Å². The molecule has 3 heterocycles. The Bertz CT molecular complexity index is 1700. The summed E-state index contributed by atoms with van der Waals surface area (Å²) < 4.78 is 33.2. The predicted octanol–water partition coefficient (Wildman–Crippen LogP) is 1.93. The zero-order valence-corrected chi connectivity index (χ0v) is 28.1. The maximum atomic E-state index is 14.3. The monoisotopic (exact) mass is 652 g/mol. The van der Waals surface area contributed by atoms with E-state index in [2.05, 4.69) is 29.4 Å². The van der Waals surface area contributed by atoms with Crippen LogP contribution in [-0.2, 0) is 39.5 Å². The van der Waals surface area contributed by atoms with Crippen LogP contribution < -0.4 is 5.32 Å². The third-order valence-corrected chi connectivity index (χ3v) is 10.8. The number of hydrogen-bond acceptors (Lipinski definition) is 7. The Labute approximate surface area is 270 Å². The van der Waals surface area contributed by atoms with Gasteiger partial charge >= 0.3 is 0 Å². The van der Waals surface area contributed by atoms with Crippen LogP contribution in [-0.4, -0.2) is 106 Å². The van der Waals surface area contributed by atoms with E-state index >= 15 is 0 Å². The van der Waals surface area contributed by atoms with E-state index in [0.29, 0.717) is 43.0 Å². The number of likely N-dealkylation sites (N-methyl/N-ethyl adjacent to an activating group) is 1. The summed E-state index contributed by atoms with van der Waals surface area (Å²) in [6, 6.07) is 6.65. The predicted molar refractivity (Wildman–Crippen MR) is 172 cm³/mol. The standard InChI is InChI=1S/C32H44N8O5S/c1-22(2)12-17-39-24-10-11-27-26(18-24)31(35-37(27)5)32(43)36(4)20-29(41)33-13-6-15-38(21-30(39)42)46(44,45)28-19-25(9-8-23(28)3)40-16-7-14-34-40/h7-9,14,16,19,22,24H,6,10-13,15,17-18,20-21H2,1-5H3,(H,33,41). The molecule has 3 aromatic rings. The van der Waals surface area contributed by atoms with Crippen molar-refractivity contribution in [2.45, 2.75) is 63.8 Å². The molecule has 46 heavy (non-hydrogen) atoms. The van der Waals surface area contributed by atoms with Crippen LogP contribution in [0.1, 0.15) is 60.4 Å². The summed E-state index contributed by atoms with van der Waals surface area (Å²) in [5, 5.41) is 11.6. The van der Waals surface area contributed by atoms with Gasteiger partial charge in [0.2, 0.25) is 21.8 Å². The molecule has 1 aliphatic carbocycles. The van der Waals surface area contributed by atoms with Crippen LogP contribution in [0.4, 0.5) is 0 Å². The topological polar surface area (TPSA) is 143 Å². The molecule has 248 valence electrons. The van der Waals surface area contributed by atoms with Gasteiger partial charge in [0.25, 0.3) is 5.91 Å². The summed E-state index contributed by atoms with van der Waals surface area (Å²) >= 11 is 0. The highest BCUT2D eigenvalue weighted by Crippen LogP contribution is 2.29. The van der Waals surface area contributed by atoms with Crippen LogP contribution in [0.3, 0.4) is 0 Å². The number of rotatable bonds is 6. The molecule has 0 saturated carbocycles. The molecule has 5 rings (SSSR count). The Hall–Kier alpha value is -4.04. The van der Waals surface area contributed by atoms with Crippen molar-refractivity contribution < 1.29 is 22.8 Å². The van der Waals surface area contributed by atoms with Gasteiger partial charge in [0.1, 0.15) is 0 Å². The third kappa shape index (κ3) is 7.02.